The molecule has 3 heteroatoms. The summed E-state index contributed by atoms with van der Waals surface area (Å²) in [4.78, 5) is 5.35. The van der Waals surface area contributed by atoms with Gasteiger partial charge in [-0.15, -0.1) is 0 Å². The van der Waals surface area contributed by atoms with E-state index in [2.05, 4.69) is 41.8 Å². The van der Waals surface area contributed by atoms with Gasteiger partial charge in [-0.2, -0.15) is 0 Å². The summed E-state index contributed by atoms with van der Waals surface area (Å²) in [7, 11) is 0. The van der Waals surface area contributed by atoms with Gasteiger partial charge in [-0.3, -0.25) is 9.80 Å². The normalized spacial score (nSPS) is 25.6. The van der Waals surface area contributed by atoms with Gasteiger partial charge in [0.2, 0.25) is 0 Å². The molecule has 2 aliphatic heterocycles. The van der Waals surface area contributed by atoms with E-state index in [1.165, 1.54) is 62.1 Å². The van der Waals surface area contributed by atoms with Crippen molar-refractivity contribution in [2.75, 3.05) is 32.7 Å². The van der Waals surface area contributed by atoms with Gasteiger partial charge in [-0.05, 0) is 62.9 Å². The Morgan fingerprint density at radius 3 is 2.57 bits per heavy atom. The summed E-state index contributed by atoms with van der Waals surface area (Å²) in [5.74, 6) is 0. The van der Waals surface area contributed by atoms with Crippen molar-refractivity contribution in [1.29, 1.82) is 0 Å². The van der Waals surface area contributed by atoms with Crippen LogP contribution in [0.1, 0.15) is 42.0 Å². The second-order valence-corrected chi connectivity index (χ2v) is 6.74. The zero-order valence-corrected chi connectivity index (χ0v) is 13.5. The van der Waals surface area contributed by atoms with E-state index in [4.69, 9.17) is 5.73 Å². The van der Waals surface area contributed by atoms with E-state index < -0.39 is 0 Å². The van der Waals surface area contributed by atoms with Crippen molar-refractivity contribution in [3.8, 4) is 0 Å². The molecule has 0 aromatic heterocycles. The van der Waals surface area contributed by atoms with E-state index in [9.17, 15) is 0 Å². The Morgan fingerprint density at radius 1 is 1.14 bits per heavy atom. The van der Waals surface area contributed by atoms with Crippen LogP contribution in [-0.2, 0) is 0 Å². The molecule has 2 aliphatic rings. The Kier molecular flexibility index (Phi) is 4.63. The number of hydrogen-bond acceptors (Lipinski definition) is 3. The Labute approximate surface area is 129 Å². The van der Waals surface area contributed by atoms with Crippen LogP contribution in [0.2, 0.25) is 0 Å². The van der Waals surface area contributed by atoms with Gasteiger partial charge in [0.15, 0.2) is 0 Å². The highest BCUT2D eigenvalue weighted by molar-refractivity contribution is 5.36. The first-order chi connectivity index (χ1) is 10.2. The maximum atomic E-state index is 6.21. The largest absolute Gasteiger partial charge is 0.329 e. The molecule has 0 radical (unpaired) electrons. The summed E-state index contributed by atoms with van der Waals surface area (Å²) in [6.45, 7) is 10.1. The van der Waals surface area contributed by atoms with Crippen LogP contribution in [0.4, 0.5) is 0 Å². The number of rotatable bonds is 3. The third-order valence-corrected chi connectivity index (χ3v) is 5.37. The third-order valence-electron chi connectivity index (χ3n) is 5.37. The van der Waals surface area contributed by atoms with Crippen molar-refractivity contribution in [2.45, 2.75) is 45.2 Å². The Bertz CT molecular complexity index is 465. The van der Waals surface area contributed by atoms with Crippen LogP contribution in [0.3, 0.4) is 0 Å². The van der Waals surface area contributed by atoms with Crippen molar-refractivity contribution in [3.05, 3.63) is 34.9 Å². The van der Waals surface area contributed by atoms with Crippen molar-refractivity contribution in [1.82, 2.24) is 9.80 Å². The standard InChI is InChI=1S/C18H29N3/c1-14-6-3-7-15(2)18(14)17(12-19)21-11-5-10-20-9-4-8-16(20)13-21/h3,6-7,16-17H,4-5,8-13,19H2,1-2H3. The molecule has 3 rings (SSSR count). The summed E-state index contributed by atoms with van der Waals surface area (Å²) in [5, 5.41) is 0. The highest BCUT2D eigenvalue weighted by Gasteiger charge is 2.32. The van der Waals surface area contributed by atoms with Crippen LogP contribution in [0.5, 0.6) is 0 Å². The molecule has 2 atom stereocenters. The first kappa shape index (κ1) is 15.0. The van der Waals surface area contributed by atoms with Gasteiger partial charge in [0.05, 0.1) is 0 Å². The topological polar surface area (TPSA) is 32.5 Å². The van der Waals surface area contributed by atoms with Crippen LogP contribution < -0.4 is 5.73 Å². The lowest BCUT2D eigenvalue weighted by Gasteiger charge is -2.34. The number of nitrogens with zero attached hydrogens (tertiary/aromatic N) is 2. The van der Waals surface area contributed by atoms with Crippen LogP contribution >= 0.6 is 0 Å². The SMILES string of the molecule is Cc1cccc(C)c1C(CN)N1CCCN2CCCC2C1. The average molecular weight is 287 g/mol. The summed E-state index contributed by atoms with van der Waals surface area (Å²) < 4.78 is 0. The summed E-state index contributed by atoms with van der Waals surface area (Å²) >= 11 is 0. The zero-order chi connectivity index (χ0) is 14.8. The average Bonchev–Trinajstić information content (AvgIpc) is 2.81. The second kappa shape index (κ2) is 6.47. The molecule has 2 saturated heterocycles. The van der Waals surface area contributed by atoms with Crippen molar-refractivity contribution in [2.24, 2.45) is 5.73 Å². The number of benzene rings is 1. The fourth-order valence-electron chi connectivity index (χ4n) is 4.32. The molecule has 2 N–H and O–H groups in total. The van der Waals surface area contributed by atoms with Gasteiger partial charge in [0, 0.05) is 31.7 Å². The van der Waals surface area contributed by atoms with Crippen LogP contribution in [0.15, 0.2) is 18.2 Å². The lowest BCUT2D eigenvalue weighted by molar-refractivity contribution is 0.175. The molecule has 2 heterocycles. The fourth-order valence-corrected chi connectivity index (χ4v) is 4.32. The summed E-state index contributed by atoms with van der Waals surface area (Å²) in [6.07, 6.45) is 4.01. The highest BCUT2D eigenvalue weighted by Crippen LogP contribution is 2.30. The summed E-state index contributed by atoms with van der Waals surface area (Å²) in [5.41, 5.74) is 10.4. The molecule has 0 aliphatic carbocycles. The smallest absolute Gasteiger partial charge is 0.0476 e. The molecule has 0 bridgehead atoms. The molecule has 1 aromatic rings. The molecule has 0 amide bonds. The number of fused-ring (bicyclic) bond motifs is 1. The lowest BCUT2D eigenvalue weighted by atomic mass is 9.94. The lowest BCUT2D eigenvalue weighted by Crippen LogP contribution is -2.41. The van der Waals surface area contributed by atoms with E-state index in [1.54, 1.807) is 0 Å². The van der Waals surface area contributed by atoms with E-state index in [0.29, 0.717) is 6.04 Å². The minimum atomic E-state index is 0.381. The molecule has 0 spiro atoms. The zero-order valence-electron chi connectivity index (χ0n) is 13.5. The minimum Gasteiger partial charge on any atom is -0.329 e. The number of hydrogen-bond donors (Lipinski definition) is 1. The summed E-state index contributed by atoms with van der Waals surface area (Å²) in [6, 6.07) is 7.75. The molecule has 2 unspecified atom stereocenters. The maximum Gasteiger partial charge on any atom is 0.0476 e. The fraction of sp³-hybridized carbons (Fsp3) is 0.667. The molecular weight excluding hydrogens is 258 g/mol. The van der Waals surface area contributed by atoms with Gasteiger partial charge in [-0.1, -0.05) is 18.2 Å². The minimum absolute atomic E-state index is 0.381. The van der Waals surface area contributed by atoms with Crippen molar-refractivity contribution >= 4 is 0 Å². The predicted molar refractivity (Wildman–Crippen MR) is 88.5 cm³/mol. The molecule has 21 heavy (non-hydrogen) atoms. The second-order valence-electron chi connectivity index (χ2n) is 6.74. The molecular formula is C18H29N3. The highest BCUT2D eigenvalue weighted by atomic mass is 15.3. The van der Waals surface area contributed by atoms with Gasteiger partial charge in [0.1, 0.15) is 0 Å². The third kappa shape index (κ3) is 3.01. The molecule has 0 saturated carbocycles. The van der Waals surface area contributed by atoms with Crippen molar-refractivity contribution < 1.29 is 0 Å². The maximum absolute atomic E-state index is 6.21. The first-order valence-electron chi connectivity index (χ1n) is 8.45. The van der Waals surface area contributed by atoms with Gasteiger partial charge in [-0.25, -0.2) is 0 Å². The predicted octanol–water partition coefficient (Wildman–Crippen LogP) is 2.47. The van der Waals surface area contributed by atoms with E-state index in [0.717, 1.165) is 12.6 Å². The Morgan fingerprint density at radius 2 is 1.86 bits per heavy atom. The molecule has 1 aromatic carbocycles. The van der Waals surface area contributed by atoms with E-state index in [-0.39, 0.29) is 0 Å². The number of aryl methyl sites for hydroxylation is 2. The van der Waals surface area contributed by atoms with E-state index in [1.807, 2.05) is 0 Å². The monoisotopic (exact) mass is 287 g/mol. The number of nitrogens with two attached hydrogens (primary N) is 1. The quantitative estimate of drug-likeness (QED) is 0.927. The molecule has 3 nitrogen and oxygen atoms in total. The van der Waals surface area contributed by atoms with Crippen molar-refractivity contribution in [3.63, 3.8) is 0 Å². The van der Waals surface area contributed by atoms with E-state index >= 15 is 0 Å². The molecule has 116 valence electrons. The van der Waals surface area contributed by atoms with Crippen LogP contribution in [-0.4, -0.2) is 48.6 Å². The Balaban J connectivity index is 1.85. The van der Waals surface area contributed by atoms with Crippen LogP contribution in [0.25, 0.3) is 0 Å². The van der Waals surface area contributed by atoms with Crippen LogP contribution in [0, 0.1) is 13.8 Å². The van der Waals surface area contributed by atoms with Gasteiger partial charge < -0.3 is 5.73 Å². The first-order valence-corrected chi connectivity index (χ1v) is 8.45. The molecule has 2 fully saturated rings. The van der Waals surface area contributed by atoms with Gasteiger partial charge in [0.25, 0.3) is 0 Å². The Hall–Kier alpha value is -0.900. The van der Waals surface area contributed by atoms with Gasteiger partial charge >= 0.3 is 0 Å².